The highest BCUT2D eigenvalue weighted by molar-refractivity contribution is 5.79. The maximum absolute atomic E-state index is 11.2. The van der Waals surface area contributed by atoms with E-state index in [4.69, 9.17) is 5.11 Å². The summed E-state index contributed by atoms with van der Waals surface area (Å²) >= 11 is 0. The van der Waals surface area contributed by atoms with Crippen LogP contribution in [0.2, 0.25) is 0 Å². The van der Waals surface area contributed by atoms with E-state index in [2.05, 4.69) is 6.08 Å². The number of ketones is 1. The first-order chi connectivity index (χ1) is 6.27. The van der Waals surface area contributed by atoms with Gasteiger partial charge in [-0.15, -0.1) is 0 Å². The summed E-state index contributed by atoms with van der Waals surface area (Å²) in [5, 5.41) is 8.84. The van der Waals surface area contributed by atoms with Crippen molar-refractivity contribution in [1.82, 2.24) is 0 Å². The van der Waals surface area contributed by atoms with E-state index in [1.165, 1.54) is 5.57 Å². The van der Waals surface area contributed by atoms with Gasteiger partial charge in [0.1, 0.15) is 5.78 Å². The zero-order valence-electron chi connectivity index (χ0n) is 8.25. The van der Waals surface area contributed by atoms with Gasteiger partial charge < -0.3 is 5.11 Å². The van der Waals surface area contributed by atoms with Crippen LogP contribution >= 0.6 is 0 Å². The largest absolute Gasteiger partial charge is 0.396 e. The number of carbonyl (C=O) groups is 1. The molecule has 0 radical (unpaired) electrons. The Morgan fingerprint density at radius 1 is 1.69 bits per heavy atom. The second kappa shape index (κ2) is 5.18. The molecule has 2 nitrogen and oxygen atoms in total. The fourth-order valence-corrected chi connectivity index (χ4v) is 2.05. The molecule has 1 unspecified atom stereocenters. The molecule has 0 aromatic heterocycles. The fraction of sp³-hybridized carbons (Fsp3) is 0.727. The number of aliphatic hydroxyl groups excluding tert-OH is 1. The number of Topliss-reactive ketones (excluding diaryl/α,β-unsaturated/α-hetero) is 1. The van der Waals surface area contributed by atoms with Crippen LogP contribution in [-0.2, 0) is 4.79 Å². The molecule has 2 heteroatoms. The smallest absolute Gasteiger partial charge is 0.133 e. The van der Waals surface area contributed by atoms with Crippen LogP contribution in [0.5, 0.6) is 0 Å². The van der Waals surface area contributed by atoms with Crippen molar-refractivity contribution in [1.29, 1.82) is 0 Å². The van der Waals surface area contributed by atoms with Gasteiger partial charge in [-0.1, -0.05) is 11.6 Å². The Balaban J connectivity index is 2.53. The van der Waals surface area contributed by atoms with Gasteiger partial charge in [0.25, 0.3) is 0 Å². The molecule has 0 heterocycles. The van der Waals surface area contributed by atoms with E-state index in [1.807, 2.05) is 6.92 Å². The summed E-state index contributed by atoms with van der Waals surface area (Å²) in [4.78, 5) is 11.2. The minimum Gasteiger partial charge on any atom is -0.396 e. The third-order valence-corrected chi connectivity index (χ3v) is 2.78. The van der Waals surface area contributed by atoms with Crippen LogP contribution in [-0.4, -0.2) is 17.5 Å². The van der Waals surface area contributed by atoms with Crippen molar-refractivity contribution in [3.8, 4) is 0 Å². The zero-order valence-corrected chi connectivity index (χ0v) is 8.25. The van der Waals surface area contributed by atoms with Crippen molar-refractivity contribution in [2.24, 2.45) is 5.92 Å². The summed E-state index contributed by atoms with van der Waals surface area (Å²) in [6.07, 6.45) is 6.37. The minimum atomic E-state index is 0.199. The molecule has 13 heavy (non-hydrogen) atoms. The molecule has 1 N–H and O–H groups in total. The molecule has 0 aromatic rings. The Morgan fingerprint density at radius 2 is 2.46 bits per heavy atom. The molecular weight excluding hydrogens is 164 g/mol. The van der Waals surface area contributed by atoms with Crippen LogP contribution in [0, 0.1) is 5.92 Å². The van der Waals surface area contributed by atoms with E-state index in [1.54, 1.807) is 0 Å². The zero-order chi connectivity index (χ0) is 9.68. The van der Waals surface area contributed by atoms with Gasteiger partial charge >= 0.3 is 0 Å². The topological polar surface area (TPSA) is 37.3 Å². The number of carbonyl (C=O) groups excluding carboxylic acids is 1. The molecular formula is C11H18O2. The molecule has 1 aliphatic carbocycles. The summed E-state index contributed by atoms with van der Waals surface area (Å²) in [5.74, 6) is 0.798. The molecule has 0 aliphatic heterocycles. The van der Waals surface area contributed by atoms with Crippen LogP contribution in [0.4, 0.5) is 0 Å². The predicted octanol–water partition coefficient (Wildman–Crippen LogP) is 2.07. The van der Waals surface area contributed by atoms with Crippen LogP contribution in [0.3, 0.4) is 0 Å². The van der Waals surface area contributed by atoms with E-state index < -0.39 is 0 Å². The Kier molecular flexibility index (Phi) is 4.16. The fourth-order valence-electron chi connectivity index (χ4n) is 2.05. The van der Waals surface area contributed by atoms with Crippen LogP contribution < -0.4 is 0 Å². The Labute approximate surface area is 79.6 Å². The second-order valence-corrected chi connectivity index (χ2v) is 3.67. The first kappa shape index (κ1) is 10.5. The van der Waals surface area contributed by atoms with E-state index in [0.29, 0.717) is 18.1 Å². The van der Waals surface area contributed by atoms with Crippen molar-refractivity contribution >= 4 is 5.78 Å². The average Bonchev–Trinajstić information content (AvgIpc) is 2.14. The molecule has 1 saturated carbocycles. The third-order valence-electron chi connectivity index (χ3n) is 2.78. The lowest BCUT2D eigenvalue weighted by Gasteiger charge is -2.23. The molecule has 0 saturated heterocycles. The molecule has 1 aliphatic rings. The summed E-state index contributed by atoms with van der Waals surface area (Å²) in [6, 6.07) is 0. The lowest BCUT2D eigenvalue weighted by atomic mass is 9.82. The molecule has 0 amide bonds. The van der Waals surface area contributed by atoms with Crippen LogP contribution in [0.1, 0.15) is 39.0 Å². The maximum Gasteiger partial charge on any atom is 0.133 e. The van der Waals surface area contributed by atoms with E-state index in [-0.39, 0.29) is 6.61 Å². The number of hydrogen-bond donors (Lipinski definition) is 1. The molecule has 1 atom stereocenters. The highest BCUT2D eigenvalue weighted by atomic mass is 16.3. The maximum atomic E-state index is 11.2. The van der Waals surface area contributed by atoms with Gasteiger partial charge in [0.15, 0.2) is 0 Å². The van der Waals surface area contributed by atoms with Gasteiger partial charge in [-0.3, -0.25) is 4.79 Å². The van der Waals surface area contributed by atoms with Crippen molar-refractivity contribution < 1.29 is 9.90 Å². The molecule has 1 fully saturated rings. The van der Waals surface area contributed by atoms with Crippen LogP contribution in [0.15, 0.2) is 11.6 Å². The van der Waals surface area contributed by atoms with Gasteiger partial charge in [-0.2, -0.15) is 0 Å². The molecule has 0 spiro atoms. The second-order valence-electron chi connectivity index (χ2n) is 3.67. The monoisotopic (exact) mass is 182 g/mol. The molecule has 1 rings (SSSR count). The summed E-state index contributed by atoms with van der Waals surface area (Å²) in [7, 11) is 0. The van der Waals surface area contributed by atoms with Gasteiger partial charge in [0.2, 0.25) is 0 Å². The predicted molar refractivity (Wildman–Crippen MR) is 52.4 cm³/mol. The summed E-state index contributed by atoms with van der Waals surface area (Å²) in [5.41, 5.74) is 1.26. The first-order valence-corrected chi connectivity index (χ1v) is 5.05. The number of allylic oxidation sites excluding steroid dienone is 1. The quantitative estimate of drug-likeness (QED) is 0.678. The first-order valence-electron chi connectivity index (χ1n) is 5.05. The highest BCUT2D eigenvalue weighted by Crippen LogP contribution is 2.29. The molecule has 0 bridgehead atoms. The lowest BCUT2D eigenvalue weighted by Crippen LogP contribution is -2.17. The minimum absolute atomic E-state index is 0.199. The average molecular weight is 182 g/mol. The number of aliphatic hydroxyl groups is 1. The Bertz CT molecular complexity index is 206. The van der Waals surface area contributed by atoms with Crippen molar-refractivity contribution in [3.05, 3.63) is 11.6 Å². The van der Waals surface area contributed by atoms with Gasteiger partial charge in [0, 0.05) is 19.4 Å². The van der Waals surface area contributed by atoms with Gasteiger partial charge in [-0.25, -0.2) is 0 Å². The standard InChI is InChI=1S/C11H18O2/c1-2-9(6-7-12)10-4-3-5-11(13)8-10/h2,10,12H,3-8H2,1H3/b9-2+. The van der Waals surface area contributed by atoms with E-state index in [0.717, 1.165) is 25.7 Å². The third kappa shape index (κ3) is 2.96. The van der Waals surface area contributed by atoms with Crippen LogP contribution in [0.25, 0.3) is 0 Å². The lowest BCUT2D eigenvalue weighted by molar-refractivity contribution is -0.121. The SMILES string of the molecule is C/C=C(\CCO)C1CCCC(=O)C1. The Hall–Kier alpha value is -0.630. The van der Waals surface area contributed by atoms with E-state index in [9.17, 15) is 4.79 Å². The van der Waals surface area contributed by atoms with E-state index >= 15 is 0 Å². The van der Waals surface area contributed by atoms with Crippen molar-refractivity contribution in [2.75, 3.05) is 6.61 Å². The Morgan fingerprint density at radius 3 is 3.00 bits per heavy atom. The number of hydrogen-bond acceptors (Lipinski definition) is 2. The number of rotatable bonds is 3. The highest BCUT2D eigenvalue weighted by Gasteiger charge is 2.21. The summed E-state index contributed by atoms with van der Waals surface area (Å²) in [6.45, 7) is 2.19. The normalized spacial score (nSPS) is 24.9. The molecule has 0 aromatic carbocycles. The van der Waals surface area contributed by atoms with Gasteiger partial charge in [-0.05, 0) is 32.1 Å². The van der Waals surface area contributed by atoms with Crippen molar-refractivity contribution in [3.63, 3.8) is 0 Å². The van der Waals surface area contributed by atoms with Crippen molar-refractivity contribution in [2.45, 2.75) is 39.0 Å². The van der Waals surface area contributed by atoms with Gasteiger partial charge in [0.05, 0.1) is 0 Å². The summed E-state index contributed by atoms with van der Waals surface area (Å²) < 4.78 is 0. The molecule has 74 valence electrons.